The van der Waals surface area contributed by atoms with Gasteiger partial charge in [-0.15, -0.1) is 24.2 Å². The molecular formula is C16H24Cl2N2OS. The summed E-state index contributed by atoms with van der Waals surface area (Å²) in [7, 11) is 0. The van der Waals surface area contributed by atoms with Crippen molar-refractivity contribution < 1.29 is 4.79 Å². The molecule has 1 aliphatic heterocycles. The summed E-state index contributed by atoms with van der Waals surface area (Å²) >= 11 is 7.55. The first-order valence-corrected chi connectivity index (χ1v) is 8.66. The maximum atomic E-state index is 12.3. The molecular weight excluding hydrogens is 339 g/mol. The van der Waals surface area contributed by atoms with E-state index in [0.29, 0.717) is 6.42 Å². The number of carbonyl (C=O) groups is 1. The number of hydrogen-bond acceptors (Lipinski definition) is 3. The molecule has 1 aromatic carbocycles. The first kappa shape index (κ1) is 19.6. The van der Waals surface area contributed by atoms with Crippen LogP contribution in [0.5, 0.6) is 0 Å². The van der Waals surface area contributed by atoms with Gasteiger partial charge in [-0.3, -0.25) is 4.79 Å². The fraction of sp³-hybridized carbons (Fsp3) is 0.562. The standard InChI is InChI=1S/C16H23ClN2OS.ClH/c1-16(2)11-19(9-7-14(16)18)15(20)8-10-21-13-5-3-12(17)4-6-13;/h3-6,14H,7-11,18H2,1-2H3;1H. The van der Waals surface area contributed by atoms with Crippen LogP contribution in [-0.4, -0.2) is 35.7 Å². The van der Waals surface area contributed by atoms with Gasteiger partial charge in [-0.05, 0) is 36.1 Å². The minimum absolute atomic E-state index is 0. The van der Waals surface area contributed by atoms with E-state index in [1.165, 1.54) is 0 Å². The lowest BCUT2D eigenvalue weighted by atomic mass is 9.79. The van der Waals surface area contributed by atoms with Gasteiger partial charge in [0.25, 0.3) is 0 Å². The lowest BCUT2D eigenvalue weighted by molar-refractivity contribution is -0.134. The highest BCUT2D eigenvalue weighted by Gasteiger charge is 2.34. The number of likely N-dealkylation sites (tertiary alicyclic amines) is 1. The van der Waals surface area contributed by atoms with E-state index in [9.17, 15) is 4.79 Å². The van der Waals surface area contributed by atoms with Crippen LogP contribution in [0.25, 0.3) is 0 Å². The van der Waals surface area contributed by atoms with Crippen LogP contribution in [0, 0.1) is 5.41 Å². The second-order valence-corrected chi connectivity index (χ2v) is 7.86. The number of piperidine rings is 1. The number of nitrogens with zero attached hydrogens (tertiary/aromatic N) is 1. The van der Waals surface area contributed by atoms with Crippen molar-refractivity contribution in [3.63, 3.8) is 0 Å². The molecule has 6 heteroatoms. The Bertz CT molecular complexity index is 493. The maximum Gasteiger partial charge on any atom is 0.223 e. The molecule has 0 saturated carbocycles. The number of thioether (sulfide) groups is 1. The molecule has 0 radical (unpaired) electrons. The van der Waals surface area contributed by atoms with Crippen LogP contribution >= 0.6 is 35.8 Å². The number of carbonyl (C=O) groups excluding carboxylic acids is 1. The van der Waals surface area contributed by atoms with Crippen LogP contribution in [-0.2, 0) is 4.79 Å². The molecule has 0 spiro atoms. The van der Waals surface area contributed by atoms with E-state index in [0.717, 1.165) is 35.2 Å². The van der Waals surface area contributed by atoms with E-state index in [1.54, 1.807) is 11.8 Å². The largest absolute Gasteiger partial charge is 0.342 e. The Morgan fingerprint density at radius 1 is 1.41 bits per heavy atom. The lowest BCUT2D eigenvalue weighted by Crippen LogP contribution is -2.54. The summed E-state index contributed by atoms with van der Waals surface area (Å²) in [5.41, 5.74) is 6.12. The molecule has 1 unspecified atom stereocenters. The fourth-order valence-electron chi connectivity index (χ4n) is 2.53. The van der Waals surface area contributed by atoms with E-state index in [1.807, 2.05) is 29.2 Å². The lowest BCUT2D eigenvalue weighted by Gasteiger charge is -2.42. The highest BCUT2D eigenvalue weighted by Crippen LogP contribution is 2.28. The van der Waals surface area contributed by atoms with Gasteiger partial charge in [0.1, 0.15) is 0 Å². The molecule has 0 aromatic heterocycles. The molecule has 1 aromatic rings. The summed E-state index contributed by atoms with van der Waals surface area (Å²) in [6.45, 7) is 5.83. The number of benzene rings is 1. The molecule has 1 aliphatic rings. The van der Waals surface area contributed by atoms with Crippen molar-refractivity contribution in [2.24, 2.45) is 11.1 Å². The second kappa shape index (κ2) is 8.44. The SMILES string of the molecule is CC1(C)CN(C(=O)CCSc2ccc(Cl)cc2)CCC1N.Cl. The first-order valence-electron chi connectivity index (χ1n) is 7.30. The number of nitrogens with two attached hydrogens (primary N) is 1. The van der Waals surface area contributed by atoms with Crippen LogP contribution < -0.4 is 5.73 Å². The molecule has 3 nitrogen and oxygen atoms in total. The minimum Gasteiger partial charge on any atom is -0.342 e. The predicted molar refractivity (Wildman–Crippen MR) is 97.0 cm³/mol. The van der Waals surface area contributed by atoms with Gasteiger partial charge in [0.2, 0.25) is 5.91 Å². The molecule has 1 heterocycles. The highest BCUT2D eigenvalue weighted by atomic mass is 35.5. The van der Waals surface area contributed by atoms with Crippen molar-refractivity contribution in [2.75, 3.05) is 18.8 Å². The Kier molecular flexibility index (Phi) is 7.53. The average Bonchev–Trinajstić information content (AvgIpc) is 2.44. The second-order valence-electron chi connectivity index (χ2n) is 6.25. The quantitative estimate of drug-likeness (QED) is 0.827. The topological polar surface area (TPSA) is 46.3 Å². The molecule has 1 atom stereocenters. The number of hydrogen-bond donors (Lipinski definition) is 1. The molecule has 1 fully saturated rings. The summed E-state index contributed by atoms with van der Waals surface area (Å²) in [5.74, 6) is 1.03. The summed E-state index contributed by atoms with van der Waals surface area (Å²) in [6.07, 6.45) is 1.46. The average molecular weight is 363 g/mol. The van der Waals surface area contributed by atoms with E-state index in [2.05, 4.69) is 13.8 Å². The zero-order chi connectivity index (χ0) is 15.5. The summed E-state index contributed by atoms with van der Waals surface area (Å²) in [6, 6.07) is 7.91. The molecule has 124 valence electrons. The molecule has 1 saturated heterocycles. The smallest absolute Gasteiger partial charge is 0.223 e. The molecule has 0 aliphatic carbocycles. The van der Waals surface area contributed by atoms with E-state index >= 15 is 0 Å². The van der Waals surface area contributed by atoms with E-state index in [-0.39, 0.29) is 29.8 Å². The summed E-state index contributed by atoms with van der Waals surface area (Å²) in [5, 5.41) is 0.738. The summed E-state index contributed by atoms with van der Waals surface area (Å²) in [4.78, 5) is 15.4. The van der Waals surface area contributed by atoms with Crippen molar-refractivity contribution in [3.05, 3.63) is 29.3 Å². The van der Waals surface area contributed by atoms with Crippen molar-refractivity contribution in [2.45, 2.75) is 37.6 Å². The Morgan fingerprint density at radius 2 is 2.05 bits per heavy atom. The summed E-state index contributed by atoms with van der Waals surface area (Å²) < 4.78 is 0. The van der Waals surface area contributed by atoms with Crippen LogP contribution in [0.3, 0.4) is 0 Å². The Hall–Kier alpha value is -0.420. The van der Waals surface area contributed by atoms with Gasteiger partial charge in [0.05, 0.1) is 0 Å². The zero-order valence-electron chi connectivity index (χ0n) is 13.0. The number of rotatable bonds is 4. The van der Waals surface area contributed by atoms with Gasteiger partial charge in [0.15, 0.2) is 0 Å². The third kappa shape index (κ3) is 5.34. The third-order valence-corrected chi connectivity index (χ3v) is 5.33. The maximum absolute atomic E-state index is 12.3. The van der Waals surface area contributed by atoms with Crippen molar-refractivity contribution in [3.8, 4) is 0 Å². The molecule has 22 heavy (non-hydrogen) atoms. The monoisotopic (exact) mass is 362 g/mol. The number of amides is 1. The molecule has 2 rings (SSSR count). The van der Waals surface area contributed by atoms with Crippen molar-refractivity contribution in [1.82, 2.24) is 4.90 Å². The van der Waals surface area contributed by atoms with Gasteiger partial charge in [0, 0.05) is 41.2 Å². The number of halogens is 2. The van der Waals surface area contributed by atoms with E-state index < -0.39 is 0 Å². The van der Waals surface area contributed by atoms with Crippen molar-refractivity contribution in [1.29, 1.82) is 0 Å². The highest BCUT2D eigenvalue weighted by molar-refractivity contribution is 7.99. The van der Waals surface area contributed by atoms with Crippen LogP contribution in [0.2, 0.25) is 5.02 Å². The van der Waals surface area contributed by atoms with Gasteiger partial charge in [-0.25, -0.2) is 0 Å². The predicted octanol–water partition coefficient (Wildman–Crippen LogP) is 3.83. The fourth-order valence-corrected chi connectivity index (χ4v) is 3.50. The third-order valence-electron chi connectivity index (χ3n) is 4.06. The van der Waals surface area contributed by atoms with E-state index in [4.69, 9.17) is 17.3 Å². The molecule has 1 amide bonds. The minimum atomic E-state index is 0. The zero-order valence-corrected chi connectivity index (χ0v) is 15.4. The van der Waals surface area contributed by atoms with Crippen LogP contribution in [0.15, 0.2) is 29.2 Å². The van der Waals surface area contributed by atoms with Crippen LogP contribution in [0.1, 0.15) is 26.7 Å². The van der Waals surface area contributed by atoms with Gasteiger partial charge in [-0.1, -0.05) is 25.4 Å². The Labute approximate surface area is 148 Å². The van der Waals surface area contributed by atoms with Gasteiger partial charge < -0.3 is 10.6 Å². The molecule has 2 N–H and O–H groups in total. The Balaban J connectivity index is 0.00000242. The van der Waals surface area contributed by atoms with Gasteiger partial charge >= 0.3 is 0 Å². The van der Waals surface area contributed by atoms with Crippen molar-refractivity contribution >= 4 is 41.7 Å². The first-order chi connectivity index (χ1) is 9.88. The molecule has 0 bridgehead atoms. The Morgan fingerprint density at radius 3 is 2.64 bits per heavy atom. The van der Waals surface area contributed by atoms with Crippen LogP contribution in [0.4, 0.5) is 0 Å². The van der Waals surface area contributed by atoms with Gasteiger partial charge in [-0.2, -0.15) is 0 Å². The normalized spacial score (nSPS) is 20.4.